The normalized spacial score (nSPS) is 10.5. The van der Waals surface area contributed by atoms with Crippen molar-refractivity contribution in [2.45, 2.75) is 6.54 Å². The van der Waals surface area contributed by atoms with E-state index in [1.165, 1.54) is 11.3 Å². The van der Waals surface area contributed by atoms with E-state index >= 15 is 0 Å². The number of ether oxygens (including phenoxy) is 1. The van der Waals surface area contributed by atoms with Crippen LogP contribution in [-0.4, -0.2) is 4.98 Å². The van der Waals surface area contributed by atoms with E-state index in [4.69, 9.17) is 16.3 Å². The molecule has 0 saturated carbocycles. The molecule has 0 aliphatic carbocycles. The summed E-state index contributed by atoms with van der Waals surface area (Å²) in [4.78, 5) is 5.11. The van der Waals surface area contributed by atoms with Crippen molar-refractivity contribution in [3.8, 4) is 11.5 Å². The van der Waals surface area contributed by atoms with E-state index in [1.54, 1.807) is 6.20 Å². The fourth-order valence-corrected chi connectivity index (χ4v) is 3.02. The SMILES string of the molecule is Clc1ncc(CNc2ccc(Oc3ccc(Br)cc3)cc2)s1. The summed E-state index contributed by atoms with van der Waals surface area (Å²) in [5.41, 5.74) is 1.02. The molecule has 0 saturated heterocycles. The van der Waals surface area contributed by atoms with Gasteiger partial charge in [0.1, 0.15) is 11.5 Å². The predicted octanol–water partition coefficient (Wildman–Crippen LogP) is 5.96. The molecule has 1 N–H and O–H groups in total. The van der Waals surface area contributed by atoms with Crippen molar-refractivity contribution < 1.29 is 4.74 Å². The third-order valence-electron chi connectivity index (χ3n) is 2.90. The van der Waals surface area contributed by atoms with E-state index in [9.17, 15) is 0 Å². The van der Waals surface area contributed by atoms with Crippen LogP contribution in [0.2, 0.25) is 4.47 Å². The maximum absolute atomic E-state index is 5.81. The molecule has 3 rings (SSSR count). The largest absolute Gasteiger partial charge is 0.457 e. The van der Waals surface area contributed by atoms with Crippen molar-refractivity contribution in [2.24, 2.45) is 0 Å². The minimum Gasteiger partial charge on any atom is -0.457 e. The Balaban J connectivity index is 1.59. The maximum Gasteiger partial charge on any atom is 0.183 e. The molecule has 112 valence electrons. The third-order valence-corrected chi connectivity index (χ3v) is 4.54. The van der Waals surface area contributed by atoms with Gasteiger partial charge in [0.15, 0.2) is 4.47 Å². The van der Waals surface area contributed by atoms with Gasteiger partial charge in [-0.05, 0) is 48.5 Å². The highest BCUT2D eigenvalue weighted by Gasteiger charge is 2.01. The monoisotopic (exact) mass is 394 g/mol. The molecule has 0 aliphatic rings. The van der Waals surface area contributed by atoms with E-state index < -0.39 is 0 Å². The number of halogens is 2. The van der Waals surface area contributed by atoms with E-state index in [0.29, 0.717) is 11.0 Å². The van der Waals surface area contributed by atoms with Gasteiger partial charge < -0.3 is 10.1 Å². The molecule has 0 fully saturated rings. The van der Waals surface area contributed by atoms with Gasteiger partial charge >= 0.3 is 0 Å². The molecule has 6 heteroatoms. The fourth-order valence-electron chi connectivity index (χ4n) is 1.83. The van der Waals surface area contributed by atoms with Crippen LogP contribution in [0.25, 0.3) is 0 Å². The van der Waals surface area contributed by atoms with Crippen LogP contribution in [0, 0.1) is 0 Å². The van der Waals surface area contributed by atoms with Gasteiger partial charge in [0, 0.05) is 21.2 Å². The van der Waals surface area contributed by atoms with Crippen LogP contribution in [-0.2, 0) is 6.54 Å². The molecule has 0 bridgehead atoms. The lowest BCUT2D eigenvalue weighted by Gasteiger charge is -2.08. The Labute approximate surface area is 146 Å². The lowest BCUT2D eigenvalue weighted by atomic mass is 10.3. The van der Waals surface area contributed by atoms with Crippen LogP contribution in [0.4, 0.5) is 5.69 Å². The lowest BCUT2D eigenvalue weighted by Crippen LogP contribution is -1.97. The highest BCUT2D eigenvalue weighted by atomic mass is 79.9. The third kappa shape index (κ3) is 4.22. The zero-order valence-corrected chi connectivity index (χ0v) is 14.6. The number of hydrogen-bond donors (Lipinski definition) is 1. The molecule has 0 unspecified atom stereocenters. The Morgan fingerprint density at radius 1 is 1.05 bits per heavy atom. The van der Waals surface area contributed by atoms with E-state index in [2.05, 4.69) is 26.2 Å². The second-order valence-corrected chi connectivity index (χ2v) is 7.13. The van der Waals surface area contributed by atoms with Crippen molar-refractivity contribution >= 4 is 44.6 Å². The standard InChI is InChI=1S/C16H12BrClN2OS/c17-11-1-5-13(6-2-11)21-14-7-3-12(4-8-14)19-9-15-10-20-16(18)22-15/h1-8,10,19H,9H2. The van der Waals surface area contributed by atoms with Gasteiger partial charge in [-0.15, -0.1) is 11.3 Å². The number of nitrogens with zero attached hydrogens (tertiary/aromatic N) is 1. The summed E-state index contributed by atoms with van der Waals surface area (Å²) in [5.74, 6) is 1.61. The number of nitrogens with one attached hydrogen (secondary N) is 1. The molecule has 0 radical (unpaired) electrons. The molecule has 3 nitrogen and oxygen atoms in total. The first-order valence-electron chi connectivity index (χ1n) is 6.56. The summed E-state index contributed by atoms with van der Waals surface area (Å²) < 4.78 is 7.38. The van der Waals surface area contributed by atoms with Gasteiger partial charge in [-0.3, -0.25) is 0 Å². The molecule has 22 heavy (non-hydrogen) atoms. The molecule has 0 spiro atoms. The lowest BCUT2D eigenvalue weighted by molar-refractivity contribution is 0.482. The number of anilines is 1. The summed E-state index contributed by atoms with van der Waals surface area (Å²) in [5, 5.41) is 3.32. The molecule has 1 heterocycles. The Morgan fingerprint density at radius 2 is 1.68 bits per heavy atom. The molecular weight excluding hydrogens is 384 g/mol. The van der Waals surface area contributed by atoms with Crippen LogP contribution in [0.1, 0.15) is 4.88 Å². The van der Waals surface area contributed by atoms with Crippen LogP contribution < -0.4 is 10.1 Å². The van der Waals surface area contributed by atoms with Gasteiger partial charge in [-0.25, -0.2) is 4.98 Å². The van der Waals surface area contributed by atoms with Gasteiger partial charge in [-0.1, -0.05) is 27.5 Å². The van der Waals surface area contributed by atoms with Crippen LogP contribution in [0.5, 0.6) is 11.5 Å². The minimum absolute atomic E-state index is 0.565. The Hall–Kier alpha value is -1.56. The van der Waals surface area contributed by atoms with Crippen molar-refractivity contribution in [2.75, 3.05) is 5.32 Å². The molecule has 0 atom stereocenters. The van der Waals surface area contributed by atoms with Gasteiger partial charge in [0.25, 0.3) is 0 Å². The second-order valence-electron chi connectivity index (χ2n) is 4.51. The number of thiazole rings is 1. The minimum atomic E-state index is 0.565. The number of rotatable bonds is 5. The summed E-state index contributed by atoms with van der Waals surface area (Å²) >= 11 is 10.7. The molecule has 3 aromatic rings. The zero-order chi connectivity index (χ0) is 15.4. The first-order valence-corrected chi connectivity index (χ1v) is 8.55. The Bertz CT molecular complexity index is 744. The van der Waals surface area contributed by atoms with E-state index in [0.717, 1.165) is 26.5 Å². The topological polar surface area (TPSA) is 34.2 Å². The van der Waals surface area contributed by atoms with Crippen LogP contribution in [0.3, 0.4) is 0 Å². The average Bonchev–Trinajstić information content (AvgIpc) is 2.94. The van der Waals surface area contributed by atoms with E-state index in [1.807, 2.05) is 48.5 Å². The molecular formula is C16H12BrClN2OS. The number of benzene rings is 2. The molecule has 1 aromatic heterocycles. The van der Waals surface area contributed by atoms with Gasteiger partial charge in [0.2, 0.25) is 0 Å². The molecule has 2 aromatic carbocycles. The van der Waals surface area contributed by atoms with Crippen molar-refractivity contribution in [1.82, 2.24) is 4.98 Å². The smallest absolute Gasteiger partial charge is 0.183 e. The van der Waals surface area contributed by atoms with Crippen LogP contribution >= 0.6 is 38.9 Å². The van der Waals surface area contributed by atoms with Crippen molar-refractivity contribution in [3.05, 3.63) is 68.5 Å². The molecule has 0 aliphatic heterocycles. The van der Waals surface area contributed by atoms with E-state index in [-0.39, 0.29) is 0 Å². The summed E-state index contributed by atoms with van der Waals surface area (Å²) in [6.07, 6.45) is 1.78. The number of aromatic nitrogens is 1. The highest BCUT2D eigenvalue weighted by molar-refractivity contribution is 9.10. The second kappa shape index (κ2) is 7.13. The summed E-state index contributed by atoms with van der Waals surface area (Å²) in [6, 6.07) is 15.6. The van der Waals surface area contributed by atoms with Gasteiger partial charge in [-0.2, -0.15) is 0 Å². The zero-order valence-electron chi connectivity index (χ0n) is 11.4. The van der Waals surface area contributed by atoms with Crippen molar-refractivity contribution in [3.63, 3.8) is 0 Å². The maximum atomic E-state index is 5.81. The predicted molar refractivity (Wildman–Crippen MR) is 95.1 cm³/mol. The molecule has 0 amide bonds. The Morgan fingerprint density at radius 3 is 2.27 bits per heavy atom. The average molecular weight is 396 g/mol. The Kier molecular flexibility index (Phi) is 4.97. The summed E-state index contributed by atoms with van der Waals surface area (Å²) in [6.45, 7) is 0.706. The van der Waals surface area contributed by atoms with Gasteiger partial charge in [0.05, 0.1) is 6.54 Å². The first-order chi connectivity index (χ1) is 10.7. The quantitative estimate of drug-likeness (QED) is 0.578. The van der Waals surface area contributed by atoms with Crippen LogP contribution in [0.15, 0.2) is 59.2 Å². The number of hydrogen-bond acceptors (Lipinski definition) is 4. The summed E-state index contributed by atoms with van der Waals surface area (Å²) in [7, 11) is 0. The van der Waals surface area contributed by atoms with Crippen molar-refractivity contribution in [1.29, 1.82) is 0 Å². The fraction of sp³-hybridized carbons (Fsp3) is 0.0625. The first kappa shape index (κ1) is 15.3. The highest BCUT2D eigenvalue weighted by Crippen LogP contribution is 2.25.